The van der Waals surface area contributed by atoms with Gasteiger partial charge in [0.25, 0.3) is 0 Å². The standard InChI is InChI=1S/C24H23BrN2O4/c1-23(2)17-13-16(27-20(28)7-8-21(27)29)5-6-18(17)26(3)24(23)10-9-14-11-15(25)12-19(30-4)22(14)31-24/h5-6,9-13H,7-8H2,1-4H3. The first-order valence-electron chi connectivity index (χ1n) is 10.2. The maximum atomic E-state index is 12.3. The highest BCUT2D eigenvalue weighted by Crippen LogP contribution is 2.56. The number of nitrogens with zero attached hydrogens (tertiary/aromatic N) is 2. The Morgan fingerprint density at radius 2 is 1.81 bits per heavy atom. The van der Waals surface area contributed by atoms with E-state index < -0.39 is 11.1 Å². The van der Waals surface area contributed by atoms with Crippen molar-refractivity contribution in [2.45, 2.75) is 37.8 Å². The molecular weight excluding hydrogens is 460 g/mol. The van der Waals surface area contributed by atoms with Gasteiger partial charge in [0.2, 0.25) is 17.5 Å². The SMILES string of the molecule is COc1cc(Br)cc2c1OC1(C=C2)N(C)c2ccc(N3C(=O)CCC3=O)cc2C1(C)C. The summed E-state index contributed by atoms with van der Waals surface area (Å²) in [4.78, 5) is 28.0. The van der Waals surface area contributed by atoms with Crippen molar-refractivity contribution in [3.8, 4) is 11.5 Å². The molecule has 1 fully saturated rings. The third kappa shape index (κ3) is 2.62. The van der Waals surface area contributed by atoms with Gasteiger partial charge in [-0.25, -0.2) is 0 Å². The fourth-order valence-electron chi connectivity index (χ4n) is 4.99. The zero-order valence-electron chi connectivity index (χ0n) is 17.9. The maximum absolute atomic E-state index is 12.3. The predicted octanol–water partition coefficient (Wildman–Crippen LogP) is 4.64. The number of amides is 2. The maximum Gasteiger partial charge on any atom is 0.234 e. The minimum atomic E-state index is -0.791. The Labute approximate surface area is 189 Å². The summed E-state index contributed by atoms with van der Waals surface area (Å²) >= 11 is 3.52. The second-order valence-corrected chi connectivity index (χ2v) is 9.58. The Morgan fingerprint density at radius 3 is 2.48 bits per heavy atom. The molecule has 5 rings (SSSR count). The minimum absolute atomic E-state index is 0.151. The molecule has 6 nitrogen and oxygen atoms in total. The molecule has 0 aromatic heterocycles. The zero-order valence-corrected chi connectivity index (χ0v) is 19.4. The van der Waals surface area contributed by atoms with Gasteiger partial charge < -0.3 is 14.4 Å². The summed E-state index contributed by atoms with van der Waals surface area (Å²) in [6.45, 7) is 4.24. The smallest absolute Gasteiger partial charge is 0.234 e. The summed E-state index contributed by atoms with van der Waals surface area (Å²) in [5.41, 5.74) is 2.30. The molecule has 7 heteroatoms. The van der Waals surface area contributed by atoms with Crippen LogP contribution in [0, 0.1) is 0 Å². The number of ether oxygens (including phenoxy) is 2. The number of fused-ring (bicyclic) bond motifs is 2. The van der Waals surface area contributed by atoms with Gasteiger partial charge in [-0.1, -0.05) is 15.9 Å². The first kappa shape index (κ1) is 20.1. The number of carbonyl (C=O) groups is 2. The van der Waals surface area contributed by atoms with E-state index in [1.807, 2.05) is 37.4 Å². The summed E-state index contributed by atoms with van der Waals surface area (Å²) < 4.78 is 13.2. The number of benzene rings is 2. The number of methoxy groups -OCH3 is 1. The minimum Gasteiger partial charge on any atom is -0.493 e. The first-order chi connectivity index (χ1) is 14.7. The van der Waals surface area contributed by atoms with Crippen LogP contribution < -0.4 is 19.3 Å². The van der Waals surface area contributed by atoms with Crippen molar-refractivity contribution in [3.05, 3.63) is 52.0 Å². The summed E-state index contributed by atoms with van der Waals surface area (Å²) in [7, 11) is 3.63. The van der Waals surface area contributed by atoms with Gasteiger partial charge in [-0.2, -0.15) is 0 Å². The van der Waals surface area contributed by atoms with Crippen LogP contribution in [-0.4, -0.2) is 31.7 Å². The molecule has 0 saturated carbocycles. The van der Waals surface area contributed by atoms with E-state index in [-0.39, 0.29) is 24.7 Å². The lowest BCUT2D eigenvalue weighted by atomic mass is 9.76. The number of hydrogen-bond donors (Lipinski definition) is 0. The molecule has 3 heterocycles. The third-order valence-corrected chi connectivity index (χ3v) is 7.19. The lowest BCUT2D eigenvalue weighted by molar-refractivity contribution is -0.121. The predicted molar refractivity (Wildman–Crippen MR) is 123 cm³/mol. The highest BCUT2D eigenvalue weighted by molar-refractivity contribution is 9.10. The Morgan fingerprint density at radius 1 is 1.10 bits per heavy atom. The van der Waals surface area contributed by atoms with E-state index in [9.17, 15) is 9.59 Å². The number of carbonyl (C=O) groups excluding carboxylic acids is 2. The van der Waals surface area contributed by atoms with Crippen LogP contribution in [0.25, 0.3) is 6.08 Å². The third-order valence-electron chi connectivity index (χ3n) is 6.73. The van der Waals surface area contributed by atoms with Crippen LogP contribution in [-0.2, 0) is 15.0 Å². The molecule has 1 unspecified atom stereocenters. The van der Waals surface area contributed by atoms with Crippen molar-refractivity contribution < 1.29 is 19.1 Å². The molecule has 2 aromatic carbocycles. The summed E-state index contributed by atoms with van der Waals surface area (Å²) in [5.74, 6) is 1.04. The van der Waals surface area contributed by atoms with E-state index in [1.165, 1.54) is 4.90 Å². The van der Waals surface area contributed by atoms with Gasteiger partial charge >= 0.3 is 0 Å². The normalized spacial score (nSPS) is 23.3. The van der Waals surface area contributed by atoms with Gasteiger partial charge in [-0.05, 0) is 61.9 Å². The van der Waals surface area contributed by atoms with E-state index in [4.69, 9.17) is 9.47 Å². The summed E-state index contributed by atoms with van der Waals surface area (Å²) in [5, 5.41) is 0. The molecule has 0 aliphatic carbocycles. The van der Waals surface area contributed by atoms with E-state index in [0.29, 0.717) is 17.2 Å². The van der Waals surface area contributed by atoms with Crippen LogP contribution in [0.1, 0.15) is 37.8 Å². The topological polar surface area (TPSA) is 59.1 Å². The van der Waals surface area contributed by atoms with Crippen LogP contribution in [0.3, 0.4) is 0 Å². The average Bonchev–Trinajstić information content (AvgIpc) is 3.15. The molecule has 1 saturated heterocycles. The molecule has 160 valence electrons. The Hall–Kier alpha value is -2.80. The number of hydrogen-bond acceptors (Lipinski definition) is 5. The van der Waals surface area contributed by atoms with Crippen molar-refractivity contribution in [2.75, 3.05) is 24.0 Å². The molecule has 1 spiro atoms. The fraction of sp³-hybridized carbons (Fsp3) is 0.333. The van der Waals surface area contributed by atoms with Crippen molar-refractivity contribution in [1.29, 1.82) is 0 Å². The fourth-order valence-corrected chi connectivity index (χ4v) is 5.45. The van der Waals surface area contributed by atoms with Gasteiger partial charge in [0.05, 0.1) is 18.2 Å². The van der Waals surface area contributed by atoms with E-state index in [1.54, 1.807) is 7.11 Å². The molecule has 3 aliphatic rings. The molecule has 0 bridgehead atoms. The average molecular weight is 483 g/mol. The van der Waals surface area contributed by atoms with Gasteiger partial charge in [-0.15, -0.1) is 0 Å². The van der Waals surface area contributed by atoms with E-state index in [2.05, 4.69) is 46.8 Å². The molecule has 0 N–H and O–H groups in total. The molecule has 2 aromatic rings. The lowest BCUT2D eigenvalue weighted by Gasteiger charge is -2.46. The highest BCUT2D eigenvalue weighted by atomic mass is 79.9. The van der Waals surface area contributed by atoms with Crippen LogP contribution in [0.2, 0.25) is 0 Å². The Bertz CT molecular complexity index is 1160. The van der Waals surface area contributed by atoms with Gasteiger partial charge in [0.1, 0.15) is 0 Å². The van der Waals surface area contributed by atoms with E-state index in [0.717, 1.165) is 21.3 Å². The Balaban J connectivity index is 1.63. The van der Waals surface area contributed by atoms with Crippen LogP contribution in [0.15, 0.2) is 40.9 Å². The summed E-state index contributed by atoms with van der Waals surface area (Å²) in [6.07, 6.45) is 4.67. The van der Waals surface area contributed by atoms with Gasteiger partial charge in [-0.3, -0.25) is 14.5 Å². The Kier molecular flexibility index (Phi) is 4.28. The zero-order chi connectivity index (χ0) is 22.1. The van der Waals surface area contributed by atoms with Gasteiger partial charge in [0, 0.05) is 35.6 Å². The molecule has 2 amide bonds. The number of imide groups is 1. The second kappa shape index (κ2) is 6.60. The number of halogens is 1. The monoisotopic (exact) mass is 482 g/mol. The lowest BCUT2D eigenvalue weighted by Crippen LogP contribution is -2.58. The number of anilines is 2. The molecular formula is C24H23BrN2O4. The summed E-state index contributed by atoms with van der Waals surface area (Å²) in [6, 6.07) is 9.64. The van der Waals surface area contributed by atoms with Gasteiger partial charge in [0.15, 0.2) is 11.5 Å². The van der Waals surface area contributed by atoms with Crippen LogP contribution >= 0.6 is 15.9 Å². The van der Waals surface area contributed by atoms with Crippen LogP contribution in [0.5, 0.6) is 11.5 Å². The largest absolute Gasteiger partial charge is 0.493 e. The van der Waals surface area contributed by atoms with Crippen LogP contribution in [0.4, 0.5) is 11.4 Å². The number of likely N-dealkylation sites (N-methyl/N-ethyl adjacent to an activating group) is 1. The van der Waals surface area contributed by atoms with Crippen molar-refractivity contribution in [2.24, 2.45) is 0 Å². The molecule has 31 heavy (non-hydrogen) atoms. The molecule has 3 aliphatic heterocycles. The van der Waals surface area contributed by atoms with Crippen molar-refractivity contribution in [3.63, 3.8) is 0 Å². The van der Waals surface area contributed by atoms with Crippen molar-refractivity contribution in [1.82, 2.24) is 0 Å². The number of rotatable bonds is 2. The second-order valence-electron chi connectivity index (χ2n) is 8.67. The quantitative estimate of drug-likeness (QED) is 0.583. The molecule has 0 radical (unpaired) electrons. The highest BCUT2D eigenvalue weighted by Gasteiger charge is 2.58. The van der Waals surface area contributed by atoms with E-state index >= 15 is 0 Å². The van der Waals surface area contributed by atoms with Crippen molar-refractivity contribution >= 4 is 45.2 Å². The first-order valence-corrected chi connectivity index (χ1v) is 11.0. The molecule has 1 atom stereocenters.